The molecule has 1 aromatic heterocycles. The summed E-state index contributed by atoms with van der Waals surface area (Å²) in [7, 11) is 0. The van der Waals surface area contributed by atoms with Crippen LogP contribution >= 0.6 is 0 Å². The molecule has 0 spiro atoms. The predicted molar refractivity (Wildman–Crippen MR) is 66.6 cm³/mol. The Morgan fingerprint density at radius 3 is 2.71 bits per heavy atom. The summed E-state index contributed by atoms with van der Waals surface area (Å²) >= 11 is 0. The van der Waals surface area contributed by atoms with Gasteiger partial charge in [0.1, 0.15) is 0 Å². The molecule has 0 bridgehead atoms. The number of pyridine rings is 1. The van der Waals surface area contributed by atoms with Gasteiger partial charge >= 0.3 is 0 Å². The van der Waals surface area contributed by atoms with Crippen LogP contribution in [0.2, 0.25) is 0 Å². The molecule has 0 saturated heterocycles. The van der Waals surface area contributed by atoms with Crippen molar-refractivity contribution in [2.45, 2.75) is 13.5 Å². The first kappa shape index (κ1) is 11.3. The Bertz CT molecular complexity index is 509. The number of nitrogens with zero attached hydrogens (tertiary/aromatic N) is 1. The van der Waals surface area contributed by atoms with Gasteiger partial charge in [-0.25, -0.2) is 0 Å². The van der Waals surface area contributed by atoms with Crippen LogP contribution in [0.1, 0.15) is 21.6 Å². The van der Waals surface area contributed by atoms with Crippen molar-refractivity contribution in [3.05, 3.63) is 65.5 Å². The van der Waals surface area contributed by atoms with Crippen LogP contribution in [0, 0.1) is 6.92 Å². The Hall–Kier alpha value is -2.16. The molecule has 3 nitrogen and oxygen atoms in total. The molecule has 2 aromatic rings. The molecule has 2 rings (SSSR count). The standard InChI is InChI=1S/C14H14N2O/c1-11-9-13(7-8-15-11)14(17)16-10-12-5-3-2-4-6-12/h2-9H,10H2,1H3,(H,16,17). The van der Waals surface area contributed by atoms with E-state index in [2.05, 4.69) is 10.3 Å². The number of carbonyl (C=O) groups excluding carboxylic acids is 1. The van der Waals surface area contributed by atoms with Crippen molar-refractivity contribution in [1.29, 1.82) is 0 Å². The summed E-state index contributed by atoms with van der Waals surface area (Å²) in [6.45, 7) is 2.41. The number of nitrogens with one attached hydrogen (secondary N) is 1. The number of rotatable bonds is 3. The number of amides is 1. The van der Waals surface area contributed by atoms with E-state index < -0.39 is 0 Å². The first-order valence-electron chi connectivity index (χ1n) is 5.50. The lowest BCUT2D eigenvalue weighted by Crippen LogP contribution is -2.22. The summed E-state index contributed by atoms with van der Waals surface area (Å²) in [6.07, 6.45) is 1.65. The molecule has 0 aliphatic heterocycles. The topological polar surface area (TPSA) is 42.0 Å². The highest BCUT2D eigenvalue weighted by molar-refractivity contribution is 5.94. The lowest BCUT2D eigenvalue weighted by Gasteiger charge is -2.05. The molecule has 0 atom stereocenters. The third kappa shape index (κ3) is 3.14. The smallest absolute Gasteiger partial charge is 0.251 e. The molecule has 0 fully saturated rings. The fourth-order valence-electron chi connectivity index (χ4n) is 1.57. The fourth-order valence-corrected chi connectivity index (χ4v) is 1.57. The third-order valence-corrected chi connectivity index (χ3v) is 2.45. The SMILES string of the molecule is Cc1cc(C(=O)NCc2ccccc2)ccn1. The number of benzene rings is 1. The first-order chi connectivity index (χ1) is 8.25. The van der Waals surface area contributed by atoms with Crippen LogP contribution in [0.5, 0.6) is 0 Å². The van der Waals surface area contributed by atoms with Gasteiger partial charge in [0.05, 0.1) is 0 Å². The molecule has 0 saturated carbocycles. The molecule has 1 N–H and O–H groups in total. The van der Waals surface area contributed by atoms with Crippen LogP contribution in [-0.2, 0) is 6.54 Å². The number of carbonyl (C=O) groups is 1. The average Bonchev–Trinajstić information content (AvgIpc) is 2.37. The highest BCUT2D eigenvalue weighted by Gasteiger charge is 2.04. The molecular weight excluding hydrogens is 212 g/mol. The van der Waals surface area contributed by atoms with Crippen molar-refractivity contribution >= 4 is 5.91 Å². The highest BCUT2D eigenvalue weighted by Crippen LogP contribution is 2.02. The molecule has 1 amide bonds. The lowest BCUT2D eigenvalue weighted by molar-refractivity contribution is 0.0950. The zero-order chi connectivity index (χ0) is 12.1. The molecule has 1 aromatic carbocycles. The zero-order valence-electron chi connectivity index (χ0n) is 9.68. The number of aryl methyl sites for hydroxylation is 1. The summed E-state index contributed by atoms with van der Waals surface area (Å²) in [5, 5.41) is 2.88. The van der Waals surface area contributed by atoms with E-state index in [4.69, 9.17) is 0 Å². The van der Waals surface area contributed by atoms with E-state index in [1.807, 2.05) is 37.3 Å². The third-order valence-electron chi connectivity index (χ3n) is 2.45. The van der Waals surface area contributed by atoms with Crippen molar-refractivity contribution in [2.75, 3.05) is 0 Å². The van der Waals surface area contributed by atoms with E-state index in [9.17, 15) is 4.79 Å². The minimum atomic E-state index is -0.0700. The average molecular weight is 226 g/mol. The molecule has 0 unspecified atom stereocenters. The predicted octanol–water partition coefficient (Wildman–Crippen LogP) is 2.32. The minimum Gasteiger partial charge on any atom is -0.348 e. The second-order valence-corrected chi connectivity index (χ2v) is 3.85. The first-order valence-corrected chi connectivity index (χ1v) is 5.50. The van der Waals surface area contributed by atoms with Crippen molar-refractivity contribution in [3.8, 4) is 0 Å². The van der Waals surface area contributed by atoms with Gasteiger partial charge in [0.15, 0.2) is 0 Å². The van der Waals surface area contributed by atoms with Gasteiger partial charge in [-0.05, 0) is 24.6 Å². The van der Waals surface area contributed by atoms with Gasteiger partial charge in [-0.1, -0.05) is 30.3 Å². The van der Waals surface area contributed by atoms with E-state index in [0.717, 1.165) is 11.3 Å². The fraction of sp³-hybridized carbons (Fsp3) is 0.143. The van der Waals surface area contributed by atoms with E-state index in [-0.39, 0.29) is 5.91 Å². The van der Waals surface area contributed by atoms with Gasteiger partial charge in [0.25, 0.3) is 5.91 Å². The molecule has 17 heavy (non-hydrogen) atoms. The zero-order valence-corrected chi connectivity index (χ0v) is 9.68. The summed E-state index contributed by atoms with van der Waals surface area (Å²) in [5.41, 5.74) is 2.58. The maximum absolute atomic E-state index is 11.8. The van der Waals surface area contributed by atoms with Crippen molar-refractivity contribution in [2.24, 2.45) is 0 Å². The Morgan fingerprint density at radius 2 is 2.00 bits per heavy atom. The number of hydrogen-bond acceptors (Lipinski definition) is 2. The second-order valence-electron chi connectivity index (χ2n) is 3.85. The molecule has 86 valence electrons. The largest absolute Gasteiger partial charge is 0.348 e. The van der Waals surface area contributed by atoms with Gasteiger partial charge in [-0.3, -0.25) is 9.78 Å². The summed E-state index contributed by atoms with van der Waals surface area (Å²) in [4.78, 5) is 15.9. The summed E-state index contributed by atoms with van der Waals surface area (Å²) < 4.78 is 0. The quantitative estimate of drug-likeness (QED) is 0.872. The highest BCUT2D eigenvalue weighted by atomic mass is 16.1. The van der Waals surface area contributed by atoms with Crippen LogP contribution in [0.25, 0.3) is 0 Å². The Balaban J connectivity index is 1.98. The molecule has 1 heterocycles. The molecule has 3 heteroatoms. The van der Waals surface area contributed by atoms with Crippen molar-refractivity contribution < 1.29 is 4.79 Å². The Labute approximate surface area is 101 Å². The van der Waals surface area contributed by atoms with Crippen molar-refractivity contribution in [1.82, 2.24) is 10.3 Å². The normalized spacial score (nSPS) is 9.94. The second kappa shape index (κ2) is 5.25. The Morgan fingerprint density at radius 1 is 1.24 bits per heavy atom. The molecule has 0 aliphatic carbocycles. The van der Waals surface area contributed by atoms with Crippen LogP contribution in [0.3, 0.4) is 0 Å². The number of aromatic nitrogens is 1. The van der Waals surface area contributed by atoms with Crippen molar-refractivity contribution in [3.63, 3.8) is 0 Å². The summed E-state index contributed by atoms with van der Waals surface area (Å²) in [6, 6.07) is 13.3. The number of hydrogen-bond donors (Lipinski definition) is 1. The molecular formula is C14H14N2O. The van der Waals surface area contributed by atoms with Gasteiger partial charge in [0.2, 0.25) is 0 Å². The summed E-state index contributed by atoms with van der Waals surface area (Å²) in [5.74, 6) is -0.0700. The van der Waals surface area contributed by atoms with E-state index in [0.29, 0.717) is 12.1 Å². The van der Waals surface area contributed by atoms with Crippen LogP contribution < -0.4 is 5.32 Å². The van der Waals surface area contributed by atoms with E-state index in [1.165, 1.54) is 0 Å². The Kier molecular flexibility index (Phi) is 3.50. The van der Waals surface area contributed by atoms with Gasteiger partial charge < -0.3 is 5.32 Å². The van der Waals surface area contributed by atoms with Gasteiger partial charge in [-0.15, -0.1) is 0 Å². The van der Waals surface area contributed by atoms with Crippen LogP contribution in [-0.4, -0.2) is 10.9 Å². The van der Waals surface area contributed by atoms with E-state index in [1.54, 1.807) is 18.3 Å². The van der Waals surface area contributed by atoms with Gasteiger partial charge in [-0.2, -0.15) is 0 Å². The molecule has 0 aliphatic rings. The maximum Gasteiger partial charge on any atom is 0.251 e. The molecule has 0 radical (unpaired) electrons. The van der Waals surface area contributed by atoms with Crippen LogP contribution in [0.15, 0.2) is 48.7 Å². The van der Waals surface area contributed by atoms with E-state index >= 15 is 0 Å². The maximum atomic E-state index is 11.8. The van der Waals surface area contributed by atoms with Gasteiger partial charge in [0, 0.05) is 24.0 Å². The minimum absolute atomic E-state index is 0.0700. The van der Waals surface area contributed by atoms with Crippen LogP contribution in [0.4, 0.5) is 0 Å². The lowest BCUT2D eigenvalue weighted by atomic mass is 10.2. The monoisotopic (exact) mass is 226 g/mol.